The van der Waals surface area contributed by atoms with E-state index in [1.54, 1.807) is 36.5 Å². The lowest BCUT2D eigenvalue weighted by molar-refractivity contribution is 0.461. The Morgan fingerprint density at radius 3 is 2.70 bits per heavy atom. The third kappa shape index (κ3) is 3.73. The van der Waals surface area contributed by atoms with E-state index in [-0.39, 0.29) is 22.6 Å². The van der Waals surface area contributed by atoms with Gasteiger partial charge in [0.2, 0.25) is 5.88 Å². The molecule has 0 amide bonds. The Morgan fingerprint density at radius 2 is 1.91 bits per heavy atom. The average Bonchev–Trinajstić information content (AvgIpc) is 3.25. The molecule has 160 valence electrons. The summed E-state index contributed by atoms with van der Waals surface area (Å²) in [5.74, 6) is 0.739. The molecule has 5 rings (SSSR count). The molecule has 3 aromatic heterocycles. The molecule has 0 aliphatic rings. The molecule has 0 spiro atoms. The van der Waals surface area contributed by atoms with E-state index in [1.165, 1.54) is 10.5 Å². The molecule has 0 unspecified atom stereocenters. The first-order chi connectivity index (χ1) is 16.0. The van der Waals surface area contributed by atoms with E-state index in [4.69, 9.17) is 16.3 Å². The van der Waals surface area contributed by atoms with E-state index in [0.29, 0.717) is 27.8 Å². The van der Waals surface area contributed by atoms with Gasteiger partial charge in [-0.3, -0.25) is 9.20 Å². The summed E-state index contributed by atoms with van der Waals surface area (Å²) in [4.78, 5) is 25.6. The number of nitriles is 1. The number of rotatable bonds is 4. The molecule has 1 N–H and O–H groups in total. The summed E-state index contributed by atoms with van der Waals surface area (Å²) in [6.07, 6.45) is 3.06. The molecule has 0 saturated heterocycles. The number of fused-ring (bicyclic) bond motifs is 2. The highest BCUT2D eigenvalue weighted by atomic mass is 35.5. The number of aromatic nitrogens is 4. The number of para-hydroxylation sites is 3. The van der Waals surface area contributed by atoms with Crippen molar-refractivity contribution in [3.63, 3.8) is 0 Å². The zero-order valence-corrected chi connectivity index (χ0v) is 18.2. The van der Waals surface area contributed by atoms with Gasteiger partial charge in [0, 0.05) is 6.20 Å². The lowest BCUT2D eigenvalue weighted by atomic mass is 10.1. The Hall–Kier alpha value is -4.41. The van der Waals surface area contributed by atoms with Crippen LogP contribution in [0.5, 0.6) is 11.6 Å². The van der Waals surface area contributed by atoms with Crippen LogP contribution in [0.15, 0.2) is 71.7 Å². The number of ether oxygens (including phenoxy) is 1. The van der Waals surface area contributed by atoms with Crippen LogP contribution >= 0.6 is 11.6 Å². The standard InChI is InChI=1S/C25H16ClN5O2/c1-15-7-6-12-31-23(15)30-24(33-21-11-5-2-8-18(21)26)17(25(31)32)13-16(14-27)22-28-19-9-3-4-10-20(19)29-22/h2-13H,1H3,(H,28,29)/b16-13+. The molecule has 33 heavy (non-hydrogen) atoms. The normalized spacial score (nSPS) is 11.6. The monoisotopic (exact) mass is 453 g/mol. The van der Waals surface area contributed by atoms with Crippen molar-refractivity contribution in [2.45, 2.75) is 6.92 Å². The summed E-state index contributed by atoms with van der Waals surface area (Å²) in [7, 11) is 0. The number of imidazole rings is 1. The first-order valence-corrected chi connectivity index (χ1v) is 10.4. The Balaban J connectivity index is 1.74. The van der Waals surface area contributed by atoms with Gasteiger partial charge in [0.25, 0.3) is 5.56 Å². The number of nitrogens with zero attached hydrogens (tertiary/aromatic N) is 4. The number of aryl methyl sites for hydroxylation is 1. The molecule has 0 fully saturated rings. The van der Waals surface area contributed by atoms with Gasteiger partial charge in [0.1, 0.15) is 28.9 Å². The van der Waals surface area contributed by atoms with Crippen molar-refractivity contribution >= 4 is 39.9 Å². The number of H-pyrrole nitrogens is 1. The SMILES string of the molecule is Cc1cccn2c(=O)c(/C=C(\C#N)c3nc4ccccc4[nH]3)c(Oc3ccccc3Cl)nc12. The van der Waals surface area contributed by atoms with Gasteiger partial charge in [-0.15, -0.1) is 0 Å². The van der Waals surface area contributed by atoms with Crippen LogP contribution in [-0.4, -0.2) is 19.4 Å². The fraction of sp³-hybridized carbons (Fsp3) is 0.0400. The number of allylic oxidation sites excluding steroid dienone is 1. The van der Waals surface area contributed by atoms with E-state index in [0.717, 1.165) is 11.1 Å². The first-order valence-electron chi connectivity index (χ1n) is 10.1. The number of hydrogen-bond acceptors (Lipinski definition) is 5. The smallest absolute Gasteiger partial charge is 0.269 e. The summed E-state index contributed by atoms with van der Waals surface area (Å²) in [6.45, 7) is 1.85. The zero-order chi connectivity index (χ0) is 22.9. The Labute approximate surface area is 193 Å². The van der Waals surface area contributed by atoms with Gasteiger partial charge in [-0.2, -0.15) is 10.2 Å². The molecule has 0 saturated carbocycles. The van der Waals surface area contributed by atoms with Crippen molar-refractivity contribution in [3.05, 3.63) is 99.2 Å². The minimum Gasteiger partial charge on any atom is -0.437 e. The van der Waals surface area contributed by atoms with Crippen LogP contribution in [0.2, 0.25) is 5.02 Å². The topological polar surface area (TPSA) is 96.1 Å². The third-order valence-corrected chi connectivity index (χ3v) is 5.46. The number of hydrogen-bond donors (Lipinski definition) is 1. The van der Waals surface area contributed by atoms with Crippen molar-refractivity contribution in [3.8, 4) is 17.7 Å². The predicted molar refractivity (Wildman–Crippen MR) is 127 cm³/mol. The molecule has 0 aliphatic carbocycles. The van der Waals surface area contributed by atoms with Crippen molar-refractivity contribution in [2.24, 2.45) is 0 Å². The quantitative estimate of drug-likeness (QED) is 0.368. The number of halogens is 1. The van der Waals surface area contributed by atoms with Crippen molar-refractivity contribution < 1.29 is 4.74 Å². The molecular formula is C25H16ClN5O2. The molecule has 0 radical (unpaired) electrons. The van der Waals surface area contributed by atoms with E-state index < -0.39 is 0 Å². The Kier molecular flexibility index (Phi) is 5.13. The molecule has 8 heteroatoms. The van der Waals surface area contributed by atoms with Gasteiger partial charge in [0.05, 0.1) is 21.6 Å². The van der Waals surface area contributed by atoms with Crippen LogP contribution < -0.4 is 10.3 Å². The number of benzene rings is 2. The van der Waals surface area contributed by atoms with Crippen LogP contribution in [-0.2, 0) is 0 Å². The van der Waals surface area contributed by atoms with E-state index in [9.17, 15) is 10.1 Å². The van der Waals surface area contributed by atoms with Gasteiger partial charge in [-0.25, -0.2) is 4.98 Å². The Bertz CT molecular complexity index is 1630. The Morgan fingerprint density at radius 1 is 1.12 bits per heavy atom. The molecular weight excluding hydrogens is 438 g/mol. The predicted octanol–water partition coefficient (Wildman–Crippen LogP) is 5.39. The second-order valence-corrected chi connectivity index (χ2v) is 7.73. The summed E-state index contributed by atoms with van der Waals surface area (Å²) < 4.78 is 7.41. The van der Waals surface area contributed by atoms with E-state index in [2.05, 4.69) is 21.0 Å². The number of nitrogens with one attached hydrogen (secondary N) is 1. The van der Waals surface area contributed by atoms with Crippen molar-refractivity contribution in [1.82, 2.24) is 19.4 Å². The maximum atomic E-state index is 13.5. The summed E-state index contributed by atoms with van der Waals surface area (Å²) >= 11 is 6.27. The number of aromatic amines is 1. The maximum Gasteiger partial charge on any atom is 0.269 e. The van der Waals surface area contributed by atoms with Crippen LogP contribution in [0.25, 0.3) is 28.3 Å². The minimum atomic E-state index is -0.380. The van der Waals surface area contributed by atoms with Crippen LogP contribution in [0, 0.1) is 18.3 Å². The summed E-state index contributed by atoms with van der Waals surface area (Å²) in [6, 6.07) is 20.1. The van der Waals surface area contributed by atoms with E-state index in [1.807, 2.05) is 37.3 Å². The highest BCUT2D eigenvalue weighted by molar-refractivity contribution is 6.32. The molecule has 2 aromatic carbocycles. The highest BCUT2D eigenvalue weighted by Gasteiger charge is 2.18. The fourth-order valence-electron chi connectivity index (χ4n) is 3.50. The highest BCUT2D eigenvalue weighted by Crippen LogP contribution is 2.31. The van der Waals surface area contributed by atoms with Crippen molar-refractivity contribution in [1.29, 1.82) is 5.26 Å². The molecule has 0 atom stereocenters. The largest absolute Gasteiger partial charge is 0.437 e. The lowest BCUT2D eigenvalue weighted by Crippen LogP contribution is -2.19. The maximum absolute atomic E-state index is 13.5. The van der Waals surface area contributed by atoms with Crippen LogP contribution in [0.1, 0.15) is 17.0 Å². The fourth-order valence-corrected chi connectivity index (χ4v) is 3.68. The summed E-state index contributed by atoms with van der Waals surface area (Å²) in [5, 5.41) is 10.2. The van der Waals surface area contributed by atoms with Gasteiger partial charge in [-0.05, 0) is 48.9 Å². The van der Waals surface area contributed by atoms with Gasteiger partial charge >= 0.3 is 0 Å². The van der Waals surface area contributed by atoms with Gasteiger partial charge in [-0.1, -0.05) is 41.9 Å². The van der Waals surface area contributed by atoms with Gasteiger partial charge < -0.3 is 9.72 Å². The van der Waals surface area contributed by atoms with Crippen molar-refractivity contribution in [2.75, 3.05) is 0 Å². The molecule has 5 aromatic rings. The van der Waals surface area contributed by atoms with E-state index >= 15 is 0 Å². The second-order valence-electron chi connectivity index (χ2n) is 7.33. The van der Waals surface area contributed by atoms with Gasteiger partial charge in [0.15, 0.2) is 0 Å². The molecule has 0 aliphatic heterocycles. The molecule has 7 nitrogen and oxygen atoms in total. The lowest BCUT2D eigenvalue weighted by Gasteiger charge is -2.12. The average molecular weight is 454 g/mol. The second kappa shape index (κ2) is 8.26. The molecule has 0 bridgehead atoms. The van der Waals surface area contributed by atoms with Crippen LogP contribution in [0.3, 0.4) is 0 Å². The van der Waals surface area contributed by atoms with Crippen LogP contribution in [0.4, 0.5) is 0 Å². The summed E-state index contributed by atoms with van der Waals surface area (Å²) in [5.41, 5.74) is 2.64. The zero-order valence-electron chi connectivity index (χ0n) is 17.4. The first kappa shape index (κ1) is 20.5. The third-order valence-electron chi connectivity index (χ3n) is 5.15. The molecule has 3 heterocycles. The minimum absolute atomic E-state index is 0.0475. The number of pyridine rings is 1.